The van der Waals surface area contributed by atoms with Crippen LogP contribution in [0.3, 0.4) is 0 Å². The van der Waals surface area contributed by atoms with Crippen LogP contribution in [0.1, 0.15) is 37.6 Å². The van der Waals surface area contributed by atoms with Crippen LogP contribution in [0.15, 0.2) is 48.5 Å². The van der Waals surface area contributed by atoms with Crippen LogP contribution in [0, 0.1) is 0 Å². The molecule has 0 saturated heterocycles. The van der Waals surface area contributed by atoms with Crippen molar-refractivity contribution in [1.82, 2.24) is 0 Å². The Kier molecular flexibility index (Phi) is 7.11. The van der Waals surface area contributed by atoms with E-state index >= 15 is 0 Å². The SMILES string of the molecule is CCN(CC)c1ccc(NC(=O)CC(=O)Nc2cccc(C(C)=O)c2)cc1. The highest BCUT2D eigenvalue weighted by Crippen LogP contribution is 2.18. The summed E-state index contributed by atoms with van der Waals surface area (Å²) in [5, 5.41) is 5.35. The van der Waals surface area contributed by atoms with Gasteiger partial charge in [-0.15, -0.1) is 0 Å². The number of rotatable bonds is 8. The molecule has 0 bridgehead atoms. The van der Waals surface area contributed by atoms with Gasteiger partial charge in [0.05, 0.1) is 0 Å². The summed E-state index contributed by atoms with van der Waals surface area (Å²) in [5.41, 5.74) is 2.72. The molecule has 6 heteroatoms. The largest absolute Gasteiger partial charge is 0.372 e. The lowest BCUT2D eigenvalue weighted by molar-refractivity contribution is -0.123. The summed E-state index contributed by atoms with van der Waals surface area (Å²) in [6.45, 7) is 7.45. The van der Waals surface area contributed by atoms with Gasteiger partial charge in [0.15, 0.2) is 5.78 Å². The highest BCUT2D eigenvalue weighted by atomic mass is 16.2. The number of Topliss-reactive ketones (excluding diaryl/α,β-unsaturated/α-hetero) is 1. The van der Waals surface area contributed by atoms with E-state index < -0.39 is 11.8 Å². The molecule has 0 spiro atoms. The number of nitrogens with zero attached hydrogens (tertiary/aromatic N) is 1. The molecule has 142 valence electrons. The van der Waals surface area contributed by atoms with Crippen molar-refractivity contribution >= 4 is 34.7 Å². The first kappa shape index (κ1) is 20.2. The minimum atomic E-state index is -0.437. The monoisotopic (exact) mass is 367 g/mol. The normalized spacial score (nSPS) is 10.2. The highest BCUT2D eigenvalue weighted by Gasteiger charge is 2.11. The van der Waals surface area contributed by atoms with E-state index in [-0.39, 0.29) is 12.2 Å². The van der Waals surface area contributed by atoms with Crippen LogP contribution in [0.5, 0.6) is 0 Å². The molecule has 2 amide bonds. The molecule has 0 saturated carbocycles. The smallest absolute Gasteiger partial charge is 0.233 e. The molecule has 0 aromatic heterocycles. The fourth-order valence-electron chi connectivity index (χ4n) is 2.72. The van der Waals surface area contributed by atoms with Crippen LogP contribution in [0.25, 0.3) is 0 Å². The molecule has 0 fully saturated rings. The van der Waals surface area contributed by atoms with Gasteiger partial charge < -0.3 is 15.5 Å². The number of carbonyl (C=O) groups is 3. The van der Waals surface area contributed by atoms with E-state index in [9.17, 15) is 14.4 Å². The second-order valence-electron chi connectivity index (χ2n) is 6.13. The molecule has 6 nitrogen and oxygen atoms in total. The standard InChI is InChI=1S/C21H25N3O3/c1-4-24(5-2)19-11-9-17(10-12-19)22-20(26)14-21(27)23-18-8-6-7-16(13-18)15(3)25/h6-13H,4-5,14H2,1-3H3,(H,22,26)(H,23,27). The summed E-state index contributed by atoms with van der Waals surface area (Å²) in [4.78, 5) is 37.7. The van der Waals surface area contributed by atoms with Crippen LogP contribution in [0.2, 0.25) is 0 Å². The Bertz CT molecular complexity index is 812. The van der Waals surface area contributed by atoms with E-state index in [1.807, 2.05) is 24.3 Å². The lowest BCUT2D eigenvalue weighted by Gasteiger charge is -2.21. The third-order valence-corrected chi connectivity index (χ3v) is 4.15. The first-order valence-electron chi connectivity index (χ1n) is 8.98. The van der Waals surface area contributed by atoms with Crippen LogP contribution in [-0.4, -0.2) is 30.7 Å². The number of hydrogen-bond donors (Lipinski definition) is 2. The van der Waals surface area contributed by atoms with Crippen molar-refractivity contribution in [1.29, 1.82) is 0 Å². The Balaban J connectivity index is 1.90. The van der Waals surface area contributed by atoms with Gasteiger partial charge in [-0.1, -0.05) is 12.1 Å². The maximum atomic E-state index is 12.1. The lowest BCUT2D eigenvalue weighted by atomic mass is 10.1. The third kappa shape index (κ3) is 5.95. The molecule has 0 aliphatic carbocycles. The summed E-state index contributed by atoms with van der Waals surface area (Å²) in [6.07, 6.45) is -0.303. The average Bonchev–Trinajstić information content (AvgIpc) is 2.64. The predicted molar refractivity (Wildman–Crippen MR) is 108 cm³/mol. The number of benzene rings is 2. The molecule has 2 aromatic carbocycles. The van der Waals surface area contributed by atoms with Crippen molar-refractivity contribution in [2.45, 2.75) is 27.2 Å². The Morgan fingerprint density at radius 3 is 2.00 bits per heavy atom. The van der Waals surface area contributed by atoms with Gasteiger partial charge in [0.25, 0.3) is 0 Å². The van der Waals surface area contributed by atoms with E-state index in [1.54, 1.807) is 24.3 Å². The van der Waals surface area contributed by atoms with Crippen LogP contribution in [-0.2, 0) is 9.59 Å². The first-order chi connectivity index (χ1) is 12.9. The zero-order valence-corrected chi connectivity index (χ0v) is 15.9. The number of ketones is 1. The fourth-order valence-corrected chi connectivity index (χ4v) is 2.72. The Morgan fingerprint density at radius 2 is 1.44 bits per heavy atom. The van der Waals surface area contributed by atoms with Gasteiger partial charge in [-0.3, -0.25) is 14.4 Å². The van der Waals surface area contributed by atoms with Crippen molar-refractivity contribution in [2.24, 2.45) is 0 Å². The van der Waals surface area contributed by atoms with E-state index in [1.165, 1.54) is 6.92 Å². The van der Waals surface area contributed by atoms with Crippen LogP contribution in [0.4, 0.5) is 17.1 Å². The topological polar surface area (TPSA) is 78.5 Å². The summed E-state index contributed by atoms with van der Waals surface area (Å²) in [5.74, 6) is -0.921. The van der Waals surface area contributed by atoms with Crippen molar-refractivity contribution in [2.75, 3.05) is 28.6 Å². The second kappa shape index (κ2) is 9.52. The van der Waals surface area contributed by atoms with Gasteiger partial charge in [0.1, 0.15) is 6.42 Å². The minimum Gasteiger partial charge on any atom is -0.372 e. The summed E-state index contributed by atoms with van der Waals surface area (Å²) in [7, 11) is 0. The average molecular weight is 367 g/mol. The predicted octanol–water partition coefficient (Wildman–Crippen LogP) is 3.70. The zero-order chi connectivity index (χ0) is 19.8. The van der Waals surface area contributed by atoms with E-state index in [4.69, 9.17) is 0 Å². The van der Waals surface area contributed by atoms with Crippen molar-refractivity contribution < 1.29 is 14.4 Å². The molecule has 0 aliphatic rings. The maximum absolute atomic E-state index is 12.1. The number of amides is 2. The number of anilines is 3. The fraction of sp³-hybridized carbons (Fsp3) is 0.286. The molecule has 2 rings (SSSR count). The number of nitrogens with one attached hydrogen (secondary N) is 2. The molecular formula is C21H25N3O3. The Morgan fingerprint density at radius 1 is 0.852 bits per heavy atom. The molecule has 2 N–H and O–H groups in total. The van der Waals surface area contributed by atoms with Crippen LogP contribution < -0.4 is 15.5 Å². The maximum Gasteiger partial charge on any atom is 0.233 e. The summed E-state index contributed by atoms with van der Waals surface area (Å²) < 4.78 is 0. The Hall–Kier alpha value is -3.15. The van der Waals surface area contributed by atoms with Crippen LogP contribution >= 0.6 is 0 Å². The van der Waals surface area contributed by atoms with E-state index in [2.05, 4.69) is 29.4 Å². The first-order valence-corrected chi connectivity index (χ1v) is 8.98. The number of hydrogen-bond acceptors (Lipinski definition) is 4. The summed E-state index contributed by atoms with van der Waals surface area (Å²) >= 11 is 0. The second-order valence-corrected chi connectivity index (χ2v) is 6.13. The van der Waals surface area contributed by atoms with Crippen molar-refractivity contribution in [3.05, 3.63) is 54.1 Å². The molecule has 27 heavy (non-hydrogen) atoms. The Labute approximate surface area is 159 Å². The lowest BCUT2D eigenvalue weighted by Crippen LogP contribution is -2.22. The minimum absolute atomic E-state index is 0.0861. The highest BCUT2D eigenvalue weighted by molar-refractivity contribution is 6.08. The van der Waals surface area contributed by atoms with Crippen molar-refractivity contribution in [3.63, 3.8) is 0 Å². The van der Waals surface area contributed by atoms with E-state index in [0.717, 1.165) is 18.8 Å². The van der Waals surface area contributed by atoms with Gasteiger partial charge in [0.2, 0.25) is 11.8 Å². The molecule has 0 radical (unpaired) electrons. The molecule has 0 unspecified atom stereocenters. The zero-order valence-electron chi connectivity index (χ0n) is 15.9. The van der Waals surface area contributed by atoms with E-state index in [0.29, 0.717) is 16.9 Å². The number of carbonyl (C=O) groups excluding carboxylic acids is 3. The molecule has 2 aromatic rings. The van der Waals surface area contributed by atoms with Gasteiger partial charge in [-0.2, -0.15) is 0 Å². The third-order valence-electron chi connectivity index (χ3n) is 4.15. The summed E-state index contributed by atoms with van der Waals surface area (Å²) in [6, 6.07) is 14.1. The molecule has 0 heterocycles. The van der Waals surface area contributed by atoms with Gasteiger partial charge >= 0.3 is 0 Å². The van der Waals surface area contributed by atoms with Gasteiger partial charge in [0, 0.05) is 35.7 Å². The molecule has 0 aliphatic heterocycles. The van der Waals surface area contributed by atoms with Gasteiger partial charge in [-0.05, 0) is 57.2 Å². The molecular weight excluding hydrogens is 342 g/mol. The molecule has 0 atom stereocenters. The quantitative estimate of drug-likeness (QED) is 0.551. The van der Waals surface area contributed by atoms with Gasteiger partial charge in [-0.25, -0.2) is 0 Å². The van der Waals surface area contributed by atoms with Crippen molar-refractivity contribution in [3.8, 4) is 0 Å².